The van der Waals surface area contributed by atoms with Gasteiger partial charge in [0.15, 0.2) is 0 Å². The minimum atomic E-state index is -4.30. The van der Waals surface area contributed by atoms with E-state index in [1.807, 2.05) is 0 Å². The van der Waals surface area contributed by atoms with E-state index in [2.05, 4.69) is 17.9 Å². The van der Waals surface area contributed by atoms with Crippen LogP contribution in [0.25, 0.3) is 0 Å². The van der Waals surface area contributed by atoms with Crippen LogP contribution in [0.2, 0.25) is 0 Å². The van der Waals surface area contributed by atoms with Gasteiger partial charge in [0.05, 0.1) is 5.56 Å². The summed E-state index contributed by atoms with van der Waals surface area (Å²) in [5, 5.41) is 2.77. The van der Waals surface area contributed by atoms with E-state index in [0.29, 0.717) is 25.1 Å². The van der Waals surface area contributed by atoms with Crippen molar-refractivity contribution >= 4 is 18.5 Å². The average Bonchev–Trinajstić information content (AvgIpc) is 2.34. The Labute approximate surface area is 121 Å². The number of rotatable bonds is 4. The van der Waals surface area contributed by atoms with Crippen LogP contribution in [-0.4, -0.2) is 18.2 Å². The summed E-state index contributed by atoms with van der Waals surface area (Å²) < 4.78 is 37.3. The van der Waals surface area contributed by atoms with Crippen LogP contribution in [0.5, 0.6) is 0 Å². The molecule has 6 heteroatoms. The number of alkyl halides is 3. The predicted molar refractivity (Wildman–Crippen MR) is 73.8 cm³/mol. The molecule has 110 valence electrons. The van der Waals surface area contributed by atoms with E-state index < -0.39 is 11.7 Å². The Morgan fingerprint density at radius 3 is 2.35 bits per heavy atom. The summed E-state index contributed by atoms with van der Waals surface area (Å²) in [6, 6.07) is 5.22. The largest absolute Gasteiger partial charge is 0.416 e. The molecule has 0 aliphatic heterocycles. The fourth-order valence-corrected chi connectivity index (χ4v) is 2.48. The number of hydrogen-bond donors (Lipinski definition) is 2. The maximum absolute atomic E-state index is 12.4. The van der Waals surface area contributed by atoms with Crippen LogP contribution in [0, 0.1) is 5.92 Å². The Kier molecular flexibility index (Phi) is 4.62. The molecule has 0 radical (unpaired) electrons. The monoisotopic (exact) mass is 303 g/mol. The number of halogens is 3. The van der Waals surface area contributed by atoms with Gasteiger partial charge in [-0.1, -0.05) is 12.1 Å². The summed E-state index contributed by atoms with van der Waals surface area (Å²) in [6.45, 7) is 0.545. The Morgan fingerprint density at radius 1 is 1.25 bits per heavy atom. The number of carbonyl (C=O) groups excluding carboxylic acids is 1. The van der Waals surface area contributed by atoms with Crippen LogP contribution in [0.1, 0.15) is 29.9 Å². The second-order valence-electron chi connectivity index (χ2n) is 5.00. The zero-order valence-corrected chi connectivity index (χ0v) is 11.7. The Hall–Kier alpha value is -1.17. The van der Waals surface area contributed by atoms with E-state index in [1.54, 1.807) is 0 Å². The number of carbonyl (C=O) groups is 1. The normalized spacial score (nSPS) is 22.2. The molecular formula is C14H16F3NOS. The highest BCUT2D eigenvalue weighted by Crippen LogP contribution is 2.42. The van der Waals surface area contributed by atoms with Gasteiger partial charge in [0.1, 0.15) is 0 Å². The second-order valence-corrected chi connectivity index (χ2v) is 5.45. The minimum Gasteiger partial charge on any atom is -0.355 e. The molecule has 2 nitrogen and oxygen atoms in total. The van der Waals surface area contributed by atoms with Gasteiger partial charge < -0.3 is 5.32 Å². The van der Waals surface area contributed by atoms with Gasteiger partial charge >= 0.3 is 6.18 Å². The lowest BCUT2D eigenvalue weighted by molar-refractivity contribution is -0.137. The van der Waals surface area contributed by atoms with Gasteiger partial charge in [0.25, 0.3) is 0 Å². The van der Waals surface area contributed by atoms with Crippen LogP contribution in [-0.2, 0) is 11.0 Å². The van der Waals surface area contributed by atoms with Crippen LogP contribution in [0.3, 0.4) is 0 Å². The molecule has 0 spiro atoms. The standard InChI is InChI=1S/C14H16F3NOS/c15-14(16,17)12-3-1-9(2-4-12)10-7-11(8-10)13(19)18-5-6-20/h1-4,10-11,20H,5-8H2,(H,18,19). The molecule has 0 unspecified atom stereocenters. The van der Waals surface area contributed by atoms with Crippen molar-refractivity contribution in [2.24, 2.45) is 5.92 Å². The quantitative estimate of drug-likeness (QED) is 0.822. The number of benzene rings is 1. The highest BCUT2D eigenvalue weighted by Gasteiger charge is 2.36. The third-order valence-corrected chi connectivity index (χ3v) is 3.85. The highest BCUT2D eigenvalue weighted by molar-refractivity contribution is 7.80. The fourth-order valence-electron chi connectivity index (χ4n) is 2.37. The Balaban J connectivity index is 1.88. The van der Waals surface area contributed by atoms with Gasteiger partial charge in [0, 0.05) is 18.2 Å². The van der Waals surface area contributed by atoms with Crippen molar-refractivity contribution < 1.29 is 18.0 Å². The van der Waals surface area contributed by atoms with Crippen molar-refractivity contribution in [1.29, 1.82) is 0 Å². The summed E-state index contributed by atoms with van der Waals surface area (Å²) in [5.41, 5.74) is 0.236. The van der Waals surface area contributed by atoms with E-state index in [9.17, 15) is 18.0 Å². The smallest absolute Gasteiger partial charge is 0.355 e. The first-order valence-electron chi connectivity index (χ1n) is 6.47. The molecular weight excluding hydrogens is 287 g/mol. The summed E-state index contributed by atoms with van der Waals surface area (Å²) in [4.78, 5) is 11.7. The third kappa shape index (κ3) is 3.48. The van der Waals surface area contributed by atoms with Gasteiger partial charge in [0.2, 0.25) is 5.91 Å². The molecule has 1 aromatic rings. The number of nitrogens with one attached hydrogen (secondary N) is 1. The van der Waals surface area contributed by atoms with Gasteiger partial charge in [-0.15, -0.1) is 0 Å². The highest BCUT2D eigenvalue weighted by atomic mass is 32.1. The van der Waals surface area contributed by atoms with Crippen molar-refractivity contribution in [2.75, 3.05) is 12.3 Å². The van der Waals surface area contributed by atoms with E-state index >= 15 is 0 Å². The molecule has 2 rings (SSSR count). The van der Waals surface area contributed by atoms with Crippen LogP contribution in [0.15, 0.2) is 24.3 Å². The number of thiol groups is 1. The molecule has 1 aliphatic rings. The van der Waals surface area contributed by atoms with Gasteiger partial charge in [-0.2, -0.15) is 25.8 Å². The Bertz CT molecular complexity index is 466. The lowest BCUT2D eigenvalue weighted by atomic mass is 9.71. The average molecular weight is 303 g/mol. The van der Waals surface area contributed by atoms with Crippen LogP contribution in [0.4, 0.5) is 13.2 Å². The molecule has 1 saturated carbocycles. The molecule has 20 heavy (non-hydrogen) atoms. The zero-order valence-electron chi connectivity index (χ0n) is 10.8. The molecule has 1 N–H and O–H groups in total. The molecule has 1 amide bonds. The SMILES string of the molecule is O=C(NCCS)C1CC(c2ccc(C(F)(F)F)cc2)C1. The van der Waals surface area contributed by atoms with Crippen molar-refractivity contribution in [3.05, 3.63) is 35.4 Å². The van der Waals surface area contributed by atoms with Crippen LogP contribution < -0.4 is 5.32 Å². The third-order valence-electron chi connectivity index (χ3n) is 3.63. The first-order chi connectivity index (χ1) is 9.41. The minimum absolute atomic E-state index is 0.0159. The lowest BCUT2D eigenvalue weighted by Crippen LogP contribution is -2.38. The molecule has 0 aromatic heterocycles. The number of amides is 1. The first-order valence-corrected chi connectivity index (χ1v) is 7.11. The van der Waals surface area contributed by atoms with Crippen LogP contribution >= 0.6 is 12.6 Å². The summed E-state index contributed by atoms with van der Waals surface area (Å²) >= 11 is 4.01. The van der Waals surface area contributed by atoms with Gasteiger partial charge in [-0.25, -0.2) is 0 Å². The van der Waals surface area contributed by atoms with Gasteiger partial charge in [-0.3, -0.25) is 4.79 Å². The predicted octanol–water partition coefficient (Wildman–Crippen LogP) is 3.25. The van der Waals surface area contributed by atoms with Crippen molar-refractivity contribution in [3.63, 3.8) is 0 Å². The summed E-state index contributed by atoms with van der Waals surface area (Å²) in [5.74, 6) is 0.772. The van der Waals surface area contributed by atoms with Crippen molar-refractivity contribution in [2.45, 2.75) is 24.9 Å². The number of hydrogen-bond acceptors (Lipinski definition) is 2. The van der Waals surface area contributed by atoms with Gasteiger partial charge in [-0.05, 0) is 36.5 Å². The molecule has 0 bridgehead atoms. The summed E-state index contributed by atoms with van der Waals surface area (Å²) in [6.07, 6.45) is -2.90. The van der Waals surface area contributed by atoms with E-state index in [0.717, 1.165) is 17.7 Å². The topological polar surface area (TPSA) is 29.1 Å². The molecule has 0 saturated heterocycles. The molecule has 1 aromatic carbocycles. The molecule has 1 aliphatic carbocycles. The molecule has 0 atom stereocenters. The van der Waals surface area contributed by atoms with E-state index in [1.165, 1.54) is 12.1 Å². The fraction of sp³-hybridized carbons (Fsp3) is 0.500. The van der Waals surface area contributed by atoms with Crippen molar-refractivity contribution in [1.82, 2.24) is 5.32 Å². The van der Waals surface area contributed by atoms with Crippen molar-refractivity contribution in [3.8, 4) is 0 Å². The maximum Gasteiger partial charge on any atom is 0.416 e. The molecule has 0 heterocycles. The molecule has 1 fully saturated rings. The summed E-state index contributed by atoms with van der Waals surface area (Å²) in [7, 11) is 0. The second kappa shape index (κ2) is 6.08. The first kappa shape index (κ1) is 15.2. The zero-order chi connectivity index (χ0) is 14.8. The maximum atomic E-state index is 12.4. The van der Waals surface area contributed by atoms with E-state index in [-0.39, 0.29) is 17.7 Å². The Morgan fingerprint density at radius 2 is 1.85 bits per heavy atom. The van der Waals surface area contributed by atoms with E-state index in [4.69, 9.17) is 0 Å². The lowest BCUT2D eigenvalue weighted by Gasteiger charge is -2.34.